The molecule has 0 saturated carbocycles. The molecule has 0 bridgehead atoms. The molecule has 3 aromatic rings. The fraction of sp³-hybridized carbons (Fsp3) is 0.143. The van der Waals surface area contributed by atoms with Crippen LogP contribution in [0.25, 0.3) is 21.9 Å². The van der Waals surface area contributed by atoms with Gasteiger partial charge in [-0.25, -0.2) is 0 Å². The summed E-state index contributed by atoms with van der Waals surface area (Å²) in [7, 11) is 1.47. The molecule has 0 radical (unpaired) electrons. The average Bonchev–Trinajstić information content (AvgIpc) is 2.63. The molecule has 0 fully saturated rings. The molecule has 5 heteroatoms. The Morgan fingerprint density at radius 3 is 2.12 bits per heavy atom. The van der Waals surface area contributed by atoms with E-state index in [0.29, 0.717) is 28.0 Å². The molecule has 3 aromatic carbocycles. The van der Waals surface area contributed by atoms with Crippen molar-refractivity contribution in [2.45, 2.75) is 13.8 Å². The summed E-state index contributed by atoms with van der Waals surface area (Å²) in [6.45, 7) is 2.66. The molecule has 0 atom stereocenters. The smallest absolute Gasteiger partial charge is 0.308 e. The summed E-state index contributed by atoms with van der Waals surface area (Å²) in [5, 5.41) is 1.29. The molecule has 0 heterocycles. The summed E-state index contributed by atoms with van der Waals surface area (Å²) in [5.41, 5.74) is 1.81. The van der Waals surface area contributed by atoms with E-state index in [1.54, 1.807) is 12.1 Å². The summed E-state index contributed by atoms with van der Waals surface area (Å²) in [5.74, 6) is 0.0453. The van der Waals surface area contributed by atoms with Crippen LogP contribution in [0.15, 0.2) is 54.6 Å². The van der Waals surface area contributed by atoms with Crippen molar-refractivity contribution >= 4 is 22.7 Å². The largest absolute Gasteiger partial charge is 0.493 e. The summed E-state index contributed by atoms with van der Waals surface area (Å²) in [6.07, 6.45) is 0. The SMILES string of the molecule is COc1cc(OC(C)=O)c2c(-c3ccccc3)cccc2c1OC(C)=O. The van der Waals surface area contributed by atoms with Crippen molar-refractivity contribution in [2.75, 3.05) is 7.11 Å². The van der Waals surface area contributed by atoms with Crippen LogP contribution < -0.4 is 14.2 Å². The van der Waals surface area contributed by atoms with Gasteiger partial charge in [0, 0.05) is 30.7 Å². The van der Waals surface area contributed by atoms with E-state index in [4.69, 9.17) is 14.2 Å². The molecule has 132 valence electrons. The van der Waals surface area contributed by atoms with E-state index >= 15 is 0 Å². The highest BCUT2D eigenvalue weighted by molar-refractivity contribution is 6.06. The van der Waals surface area contributed by atoms with E-state index < -0.39 is 11.9 Å². The van der Waals surface area contributed by atoms with Gasteiger partial charge in [0.25, 0.3) is 0 Å². The van der Waals surface area contributed by atoms with Gasteiger partial charge in [0.05, 0.1) is 7.11 Å². The third-order valence-corrected chi connectivity index (χ3v) is 3.85. The van der Waals surface area contributed by atoms with Gasteiger partial charge in [0.1, 0.15) is 5.75 Å². The Kier molecular flexibility index (Phi) is 4.89. The Labute approximate surface area is 151 Å². The topological polar surface area (TPSA) is 61.8 Å². The van der Waals surface area contributed by atoms with Crippen molar-refractivity contribution in [3.63, 3.8) is 0 Å². The van der Waals surface area contributed by atoms with Gasteiger partial charge in [-0.05, 0) is 11.1 Å². The van der Waals surface area contributed by atoms with Gasteiger partial charge >= 0.3 is 11.9 Å². The molecule has 0 spiro atoms. The van der Waals surface area contributed by atoms with Crippen molar-refractivity contribution in [3.05, 3.63) is 54.6 Å². The van der Waals surface area contributed by atoms with Gasteiger partial charge in [-0.3, -0.25) is 9.59 Å². The molecule has 0 aliphatic rings. The highest BCUT2D eigenvalue weighted by atomic mass is 16.6. The number of rotatable bonds is 4. The lowest BCUT2D eigenvalue weighted by atomic mass is 9.96. The van der Waals surface area contributed by atoms with E-state index in [-0.39, 0.29) is 0 Å². The second kappa shape index (κ2) is 7.27. The first-order chi connectivity index (χ1) is 12.5. The maximum atomic E-state index is 11.6. The number of ether oxygens (including phenoxy) is 3. The van der Waals surface area contributed by atoms with E-state index in [1.165, 1.54) is 21.0 Å². The number of hydrogen-bond acceptors (Lipinski definition) is 5. The number of fused-ring (bicyclic) bond motifs is 1. The van der Waals surface area contributed by atoms with Crippen LogP contribution in [0.1, 0.15) is 13.8 Å². The van der Waals surface area contributed by atoms with Crippen LogP contribution in [0.5, 0.6) is 17.2 Å². The maximum absolute atomic E-state index is 11.6. The quantitative estimate of drug-likeness (QED) is 0.517. The lowest BCUT2D eigenvalue weighted by Crippen LogP contribution is -2.06. The lowest BCUT2D eigenvalue weighted by Gasteiger charge is -2.17. The monoisotopic (exact) mass is 350 g/mol. The molecular formula is C21H18O5. The first-order valence-corrected chi connectivity index (χ1v) is 8.07. The second-order valence-corrected chi connectivity index (χ2v) is 5.69. The first kappa shape index (κ1) is 17.5. The van der Waals surface area contributed by atoms with E-state index in [0.717, 1.165) is 11.1 Å². The van der Waals surface area contributed by atoms with Gasteiger partial charge in [-0.1, -0.05) is 48.5 Å². The Morgan fingerprint density at radius 1 is 0.808 bits per heavy atom. The summed E-state index contributed by atoms with van der Waals surface area (Å²) in [4.78, 5) is 23.2. The van der Waals surface area contributed by atoms with Gasteiger partial charge < -0.3 is 14.2 Å². The molecule has 0 aliphatic carbocycles. The first-order valence-electron chi connectivity index (χ1n) is 8.07. The van der Waals surface area contributed by atoms with E-state index in [9.17, 15) is 9.59 Å². The highest BCUT2D eigenvalue weighted by Gasteiger charge is 2.20. The fourth-order valence-electron chi connectivity index (χ4n) is 2.89. The van der Waals surface area contributed by atoms with Crippen molar-refractivity contribution in [2.24, 2.45) is 0 Å². The predicted octanol–water partition coefficient (Wildman–Crippen LogP) is 4.37. The number of esters is 2. The summed E-state index contributed by atoms with van der Waals surface area (Å²) < 4.78 is 16.2. The number of carbonyl (C=O) groups excluding carboxylic acids is 2. The minimum Gasteiger partial charge on any atom is -0.493 e. The molecule has 5 nitrogen and oxygen atoms in total. The minimum atomic E-state index is -0.463. The van der Waals surface area contributed by atoms with Crippen LogP contribution in [-0.4, -0.2) is 19.0 Å². The Bertz CT molecular complexity index is 977. The molecule has 26 heavy (non-hydrogen) atoms. The fourth-order valence-corrected chi connectivity index (χ4v) is 2.89. The zero-order valence-corrected chi connectivity index (χ0v) is 14.7. The Balaban J connectivity index is 2.40. The van der Waals surface area contributed by atoms with Gasteiger partial charge in [0.15, 0.2) is 11.5 Å². The maximum Gasteiger partial charge on any atom is 0.308 e. The third kappa shape index (κ3) is 3.37. The van der Waals surface area contributed by atoms with Crippen molar-refractivity contribution in [1.82, 2.24) is 0 Å². The van der Waals surface area contributed by atoms with Gasteiger partial charge in [0.2, 0.25) is 0 Å². The molecule has 0 aliphatic heterocycles. The van der Waals surface area contributed by atoms with Crippen LogP contribution >= 0.6 is 0 Å². The van der Waals surface area contributed by atoms with Crippen molar-refractivity contribution in [1.29, 1.82) is 0 Å². The minimum absolute atomic E-state index is 0.295. The molecule has 0 aromatic heterocycles. The zero-order valence-electron chi connectivity index (χ0n) is 14.7. The zero-order chi connectivity index (χ0) is 18.7. The number of carbonyl (C=O) groups is 2. The predicted molar refractivity (Wildman–Crippen MR) is 98.6 cm³/mol. The Hall–Kier alpha value is -3.34. The van der Waals surface area contributed by atoms with Crippen LogP contribution in [-0.2, 0) is 9.59 Å². The van der Waals surface area contributed by atoms with Gasteiger partial charge in [-0.2, -0.15) is 0 Å². The highest BCUT2D eigenvalue weighted by Crippen LogP contribution is 2.45. The van der Waals surface area contributed by atoms with E-state index in [2.05, 4.69) is 0 Å². The van der Waals surface area contributed by atoms with Crippen LogP contribution in [0.4, 0.5) is 0 Å². The normalized spacial score (nSPS) is 10.4. The number of hydrogen-bond donors (Lipinski definition) is 0. The molecular weight excluding hydrogens is 332 g/mol. The van der Waals surface area contributed by atoms with Crippen molar-refractivity contribution in [3.8, 4) is 28.4 Å². The molecule has 0 unspecified atom stereocenters. The van der Waals surface area contributed by atoms with Gasteiger partial charge in [-0.15, -0.1) is 0 Å². The molecule has 3 rings (SSSR count). The van der Waals surface area contributed by atoms with Crippen LogP contribution in [0, 0.1) is 0 Å². The Morgan fingerprint density at radius 2 is 1.50 bits per heavy atom. The number of methoxy groups -OCH3 is 1. The lowest BCUT2D eigenvalue weighted by molar-refractivity contribution is -0.133. The van der Waals surface area contributed by atoms with E-state index in [1.807, 2.05) is 42.5 Å². The summed E-state index contributed by atoms with van der Waals surface area (Å²) in [6, 6.07) is 16.8. The van der Waals surface area contributed by atoms with Crippen molar-refractivity contribution < 1.29 is 23.8 Å². The average molecular weight is 350 g/mol. The van der Waals surface area contributed by atoms with Crippen LogP contribution in [0.3, 0.4) is 0 Å². The third-order valence-electron chi connectivity index (χ3n) is 3.85. The molecule has 0 saturated heterocycles. The molecule has 0 amide bonds. The summed E-state index contributed by atoms with van der Waals surface area (Å²) >= 11 is 0. The second-order valence-electron chi connectivity index (χ2n) is 5.69. The molecule has 0 N–H and O–H groups in total. The van der Waals surface area contributed by atoms with Crippen LogP contribution in [0.2, 0.25) is 0 Å². The standard InChI is InChI=1S/C21H18O5/c1-13(22)25-18-12-19(24-3)21(26-14(2)23)17-11-7-10-16(20(17)18)15-8-5-4-6-9-15/h4-12H,1-3H3. The number of benzene rings is 3.